The van der Waals surface area contributed by atoms with E-state index in [2.05, 4.69) is 36.9 Å². The van der Waals surface area contributed by atoms with Gasteiger partial charge in [0.25, 0.3) is 0 Å². The Hall–Kier alpha value is -3.95. The molecule has 0 saturated carbocycles. The zero-order valence-electron chi connectivity index (χ0n) is 27.2. The van der Waals surface area contributed by atoms with Gasteiger partial charge >= 0.3 is 5.97 Å². The van der Waals surface area contributed by atoms with Crippen LogP contribution >= 0.6 is 0 Å². The Bertz CT molecular complexity index is 1700. The third-order valence-corrected chi connectivity index (χ3v) is 8.77. The number of anilines is 1. The molecule has 2 aromatic heterocycles. The van der Waals surface area contributed by atoms with E-state index in [1.54, 1.807) is 0 Å². The molecule has 9 nitrogen and oxygen atoms in total. The molecule has 238 valence electrons. The lowest BCUT2D eigenvalue weighted by molar-refractivity contribution is -0.160. The van der Waals surface area contributed by atoms with Gasteiger partial charge in [0, 0.05) is 42.6 Å². The molecule has 1 saturated heterocycles. The van der Waals surface area contributed by atoms with E-state index in [1.807, 2.05) is 68.6 Å². The van der Waals surface area contributed by atoms with Gasteiger partial charge in [0.15, 0.2) is 11.8 Å². The highest BCUT2D eigenvalue weighted by atomic mass is 16.5. The molecular formula is C36H44N4O5. The van der Waals surface area contributed by atoms with Crippen molar-refractivity contribution in [1.29, 1.82) is 0 Å². The number of ether oxygens (including phenoxy) is 3. The Morgan fingerprint density at radius 1 is 1.09 bits per heavy atom. The van der Waals surface area contributed by atoms with Crippen LogP contribution in [0.5, 0.6) is 5.75 Å². The van der Waals surface area contributed by atoms with Gasteiger partial charge in [-0.1, -0.05) is 36.4 Å². The highest BCUT2D eigenvalue weighted by Crippen LogP contribution is 2.39. The second kappa shape index (κ2) is 12.1. The summed E-state index contributed by atoms with van der Waals surface area (Å²) >= 11 is 0. The molecule has 3 aliphatic rings. The fourth-order valence-corrected chi connectivity index (χ4v) is 6.41. The smallest absolute Gasteiger partial charge is 0.337 e. The van der Waals surface area contributed by atoms with E-state index in [0.29, 0.717) is 42.4 Å². The van der Waals surface area contributed by atoms with Crippen molar-refractivity contribution < 1.29 is 24.1 Å². The summed E-state index contributed by atoms with van der Waals surface area (Å²) in [6, 6.07) is 18.4. The van der Waals surface area contributed by atoms with Crippen LogP contribution in [0, 0.1) is 6.92 Å². The number of piperidine rings is 1. The van der Waals surface area contributed by atoms with Crippen LogP contribution in [0.2, 0.25) is 0 Å². The van der Waals surface area contributed by atoms with E-state index in [-0.39, 0.29) is 11.7 Å². The normalized spacial score (nSPS) is 21.5. The molecule has 45 heavy (non-hydrogen) atoms. The van der Waals surface area contributed by atoms with Crippen LogP contribution < -0.4 is 9.64 Å². The zero-order valence-corrected chi connectivity index (χ0v) is 27.2. The Labute approximate surface area is 265 Å². The fourth-order valence-electron chi connectivity index (χ4n) is 6.41. The lowest BCUT2D eigenvalue weighted by atomic mass is 9.92. The van der Waals surface area contributed by atoms with Crippen molar-refractivity contribution in [2.75, 3.05) is 24.6 Å². The number of benzene rings is 2. The van der Waals surface area contributed by atoms with Gasteiger partial charge in [-0.05, 0) is 84.9 Å². The number of aromatic nitrogens is 3. The van der Waals surface area contributed by atoms with Crippen molar-refractivity contribution in [3.8, 4) is 28.1 Å². The number of para-hydroxylation sites is 1. The summed E-state index contributed by atoms with van der Waals surface area (Å²) in [5, 5.41) is 15.5. The predicted octanol–water partition coefficient (Wildman–Crippen LogP) is 7.25. The second-order valence-electron chi connectivity index (χ2n) is 13.6. The first kappa shape index (κ1) is 31.0. The third-order valence-electron chi connectivity index (χ3n) is 8.77. The molecule has 7 rings (SSSR count). The molecular weight excluding hydrogens is 568 g/mol. The SMILES string of the molecule is Cc1nc2cc3nn2c(c1C(OC(C)(C)C)C(=O)O)N1CCC(C)(CC1)OCCCC(C)Oc1ccccc1-c1cccc-3c1. The summed E-state index contributed by atoms with van der Waals surface area (Å²) in [4.78, 5) is 19.9. The highest BCUT2D eigenvalue weighted by molar-refractivity contribution is 5.80. The molecule has 0 amide bonds. The van der Waals surface area contributed by atoms with E-state index in [4.69, 9.17) is 24.3 Å². The molecule has 4 aromatic rings. The Balaban J connectivity index is 1.54. The number of aliphatic carboxylic acids is 1. The average Bonchev–Trinajstić information content (AvgIpc) is 3.41. The summed E-state index contributed by atoms with van der Waals surface area (Å²) in [5.41, 5.74) is 4.56. The van der Waals surface area contributed by atoms with Crippen LogP contribution in [0.3, 0.4) is 0 Å². The first-order chi connectivity index (χ1) is 21.4. The summed E-state index contributed by atoms with van der Waals surface area (Å²) in [6.45, 7) is 13.8. The summed E-state index contributed by atoms with van der Waals surface area (Å²) in [5.74, 6) is 0.502. The van der Waals surface area contributed by atoms with E-state index >= 15 is 0 Å². The Morgan fingerprint density at radius 2 is 1.82 bits per heavy atom. The van der Waals surface area contributed by atoms with Gasteiger partial charge in [-0.15, -0.1) is 0 Å². The molecule has 3 aliphatic heterocycles. The first-order valence-corrected chi connectivity index (χ1v) is 16.0. The molecule has 5 heterocycles. The molecule has 0 aliphatic carbocycles. The molecule has 1 N–H and O–H groups in total. The topological polar surface area (TPSA) is 98.4 Å². The van der Waals surface area contributed by atoms with Crippen LogP contribution in [0.25, 0.3) is 28.0 Å². The molecule has 0 radical (unpaired) electrons. The standard InChI is InChI=1S/C36H44N4O5/c1-23-11-10-20-43-36(6)16-18-39(19-17-36)33-31(32(34(41)42)45-35(3,4)5)24(2)37-30-22-28(38-40(30)33)26-13-9-12-25(21-26)27-14-7-8-15-29(27)44-23/h7-9,12-15,21-23,32H,10-11,16-20H2,1-6H3,(H,41,42). The quantitative estimate of drug-likeness (QED) is 0.258. The maximum Gasteiger partial charge on any atom is 0.337 e. The molecule has 2 unspecified atom stereocenters. The minimum Gasteiger partial charge on any atom is -0.490 e. The van der Waals surface area contributed by atoms with Crippen LogP contribution in [0.15, 0.2) is 54.6 Å². The number of hydrogen-bond acceptors (Lipinski definition) is 7. The predicted molar refractivity (Wildman–Crippen MR) is 175 cm³/mol. The van der Waals surface area contributed by atoms with Gasteiger partial charge in [-0.3, -0.25) is 0 Å². The first-order valence-electron chi connectivity index (χ1n) is 16.0. The van der Waals surface area contributed by atoms with Gasteiger partial charge in [-0.2, -0.15) is 9.61 Å². The number of rotatable bonds is 3. The van der Waals surface area contributed by atoms with Crippen LogP contribution in [0.4, 0.5) is 5.82 Å². The summed E-state index contributed by atoms with van der Waals surface area (Å²) in [6.07, 6.45) is 2.20. The lowest BCUT2D eigenvalue weighted by Crippen LogP contribution is -2.46. The van der Waals surface area contributed by atoms with Crippen LogP contribution in [0.1, 0.15) is 77.7 Å². The maximum atomic E-state index is 12.8. The monoisotopic (exact) mass is 612 g/mol. The number of nitrogens with zero attached hydrogens (tertiary/aromatic N) is 4. The largest absolute Gasteiger partial charge is 0.490 e. The minimum atomic E-state index is -1.21. The number of aryl methyl sites for hydroxylation is 1. The fraction of sp³-hybridized carbons (Fsp3) is 0.472. The van der Waals surface area contributed by atoms with Gasteiger partial charge in [0.1, 0.15) is 11.6 Å². The molecule has 9 heteroatoms. The van der Waals surface area contributed by atoms with Crippen molar-refractivity contribution in [3.63, 3.8) is 0 Å². The number of hydrogen-bond donors (Lipinski definition) is 1. The Morgan fingerprint density at radius 3 is 2.56 bits per heavy atom. The van der Waals surface area contributed by atoms with Crippen molar-refractivity contribution in [2.45, 2.75) is 90.6 Å². The van der Waals surface area contributed by atoms with Gasteiger partial charge < -0.3 is 24.2 Å². The maximum absolute atomic E-state index is 12.8. The van der Waals surface area contributed by atoms with Crippen molar-refractivity contribution >= 4 is 17.4 Å². The number of carboxylic acid groups (broad SMARTS) is 1. The lowest BCUT2D eigenvalue weighted by Gasteiger charge is -2.41. The van der Waals surface area contributed by atoms with Crippen molar-refractivity contribution in [3.05, 3.63) is 65.9 Å². The van der Waals surface area contributed by atoms with Crippen molar-refractivity contribution in [2.24, 2.45) is 0 Å². The highest BCUT2D eigenvalue weighted by Gasteiger charge is 2.38. The molecule has 0 spiro atoms. The molecule has 6 bridgehead atoms. The number of fused-ring (bicyclic) bond motifs is 7. The van der Waals surface area contributed by atoms with Gasteiger partial charge in [-0.25, -0.2) is 9.78 Å². The molecule has 1 fully saturated rings. The minimum absolute atomic E-state index is 0.0375. The van der Waals surface area contributed by atoms with Crippen LogP contribution in [-0.4, -0.2) is 62.7 Å². The molecule has 2 atom stereocenters. The van der Waals surface area contributed by atoms with Gasteiger partial charge in [0.2, 0.25) is 0 Å². The zero-order chi connectivity index (χ0) is 31.9. The van der Waals surface area contributed by atoms with E-state index < -0.39 is 17.7 Å². The number of carboxylic acids is 1. The van der Waals surface area contributed by atoms with Crippen molar-refractivity contribution in [1.82, 2.24) is 14.6 Å². The Kier molecular flexibility index (Phi) is 8.35. The van der Waals surface area contributed by atoms with E-state index in [9.17, 15) is 9.90 Å². The third kappa shape index (κ3) is 6.56. The number of carbonyl (C=O) groups is 1. The second-order valence-corrected chi connectivity index (χ2v) is 13.6. The summed E-state index contributed by atoms with van der Waals surface area (Å²) in [7, 11) is 0. The van der Waals surface area contributed by atoms with Gasteiger partial charge in [0.05, 0.1) is 28.6 Å². The average molecular weight is 613 g/mol. The van der Waals surface area contributed by atoms with Crippen LogP contribution in [-0.2, 0) is 14.3 Å². The van der Waals surface area contributed by atoms with E-state index in [0.717, 1.165) is 53.8 Å². The summed E-state index contributed by atoms with van der Waals surface area (Å²) < 4.78 is 21.0. The molecule has 2 aromatic carbocycles. The van der Waals surface area contributed by atoms with E-state index in [1.165, 1.54) is 0 Å².